The normalized spacial score (nSPS) is 22.7. The van der Waals surface area contributed by atoms with Gasteiger partial charge in [-0.05, 0) is 74.0 Å². The number of nitrogens with one attached hydrogen (secondary N) is 1. The molecular weight excluding hydrogens is 382 g/mol. The van der Waals surface area contributed by atoms with E-state index in [4.69, 9.17) is 9.72 Å². The number of fused-ring (bicyclic) bond motifs is 1. The average molecular weight is 410 g/mol. The van der Waals surface area contributed by atoms with Gasteiger partial charge in [0.2, 0.25) is 0 Å². The molecule has 2 aliphatic heterocycles. The van der Waals surface area contributed by atoms with E-state index in [1.165, 1.54) is 5.56 Å². The van der Waals surface area contributed by atoms with Crippen molar-refractivity contribution in [1.82, 2.24) is 9.88 Å². The number of hydrogen-bond acceptors (Lipinski definition) is 4. The van der Waals surface area contributed by atoms with Crippen LogP contribution in [-0.2, 0) is 11.2 Å². The maximum absolute atomic E-state index is 12.6. The highest BCUT2D eigenvalue weighted by Crippen LogP contribution is 2.37. The van der Waals surface area contributed by atoms with Crippen LogP contribution < -0.4 is 5.32 Å². The van der Waals surface area contributed by atoms with Crippen LogP contribution in [0.1, 0.15) is 57.7 Å². The van der Waals surface area contributed by atoms with Gasteiger partial charge >= 0.3 is 6.09 Å². The number of halogens is 1. The Morgan fingerprint density at radius 2 is 2.24 bits per heavy atom. The number of amides is 1. The number of ether oxygens (including phenoxy) is 1. The zero-order valence-electron chi connectivity index (χ0n) is 15.6. The quantitative estimate of drug-likeness (QED) is 0.787. The zero-order valence-corrected chi connectivity index (χ0v) is 17.2. The molecule has 1 amide bonds. The van der Waals surface area contributed by atoms with E-state index in [-0.39, 0.29) is 11.6 Å². The molecule has 1 aromatic rings. The summed E-state index contributed by atoms with van der Waals surface area (Å²) < 4.78 is 6.79. The lowest BCUT2D eigenvalue weighted by Crippen LogP contribution is -2.46. The second-order valence-electron chi connectivity index (χ2n) is 8.02. The molecular formula is C19H28BrN3O2. The van der Waals surface area contributed by atoms with Crippen LogP contribution in [0.4, 0.5) is 10.6 Å². The summed E-state index contributed by atoms with van der Waals surface area (Å²) in [4.78, 5) is 19.1. The predicted octanol–water partition coefficient (Wildman–Crippen LogP) is 4.67. The summed E-state index contributed by atoms with van der Waals surface area (Å²) in [5.41, 5.74) is 1.75. The number of aryl methyl sites for hydroxylation is 2. The standard InChI is InChI=1S/C19H28BrN3O2/c1-5-7-18(3,4)25-17(24)23-10-9-19(12-23)8-6-14-11-15(20)13(2)21-16(14)22-19/h11H,5-10,12H2,1-4H3,(H,21,22)/t19-/m0/s1. The molecule has 1 N–H and O–H groups in total. The highest BCUT2D eigenvalue weighted by molar-refractivity contribution is 9.10. The Bertz CT molecular complexity index is 677. The SMILES string of the molecule is CCCC(C)(C)OC(=O)N1CC[C@@]2(CCc3cc(Br)c(C)nc3N2)C1. The van der Waals surface area contributed by atoms with E-state index in [9.17, 15) is 4.79 Å². The van der Waals surface area contributed by atoms with Crippen molar-refractivity contribution in [2.75, 3.05) is 18.4 Å². The van der Waals surface area contributed by atoms with Crippen LogP contribution in [-0.4, -0.2) is 40.2 Å². The monoisotopic (exact) mass is 409 g/mol. The van der Waals surface area contributed by atoms with Crippen LogP contribution in [0, 0.1) is 6.92 Å². The molecule has 0 bridgehead atoms. The molecule has 0 radical (unpaired) electrons. The molecule has 1 saturated heterocycles. The number of likely N-dealkylation sites (tertiary alicyclic amines) is 1. The molecule has 3 rings (SSSR count). The summed E-state index contributed by atoms with van der Waals surface area (Å²) in [6.07, 6.45) is 4.62. The van der Waals surface area contributed by atoms with Crippen LogP contribution in [0.2, 0.25) is 0 Å². The summed E-state index contributed by atoms with van der Waals surface area (Å²) in [5, 5.41) is 3.63. The minimum absolute atomic E-state index is 0.0752. The summed E-state index contributed by atoms with van der Waals surface area (Å²) >= 11 is 3.56. The number of nitrogens with zero attached hydrogens (tertiary/aromatic N) is 2. The van der Waals surface area contributed by atoms with E-state index in [1.807, 2.05) is 25.7 Å². The predicted molar refractivity (Wildman–Crippen MR) is 103 cm³/mol. The zero-order chi connectivity index (χ0) is 18.2. The average Bonchev–Trinajstić information content (AvgIpc) is 2.92. The molecule has 0 unspecified atom stereocenters. The first kappa shape index (κ1) is 18.5. The van der Waals surface area contributed by atoms with E-state index in [0.29, 0.717) is 6.54 Å². The van der Waals surface area contributed by atoms with Gasteiger partial charge in [-0.15, -0.1) is 0 Å². The lowest BCUT2D eigenvalue weighted by atomic mass is 9.87. The van der Waals surface area contributed by atoms with Crippen molar-refractivity contribution in [3.05, 3.63) is 21.8 Å². The molecule has 138 valence electrons. The van der Waals surface area contributed by atoms with Gasteiger partial charge in [-0.3, -0.25) is 0 Å². The largest absolute Gasteiger partial charge is 0.443 e. The maximum Gasteiger partial charge on any atom is 0.410 e. The number of carbonyl (C=O) groups excluding carboxylic acids is 1. The van der Waals surface area contributed by atoms with Crippen LogP contribution in [0.15, 0.2) is 10.5 Å². The maximum atomic E-state index is 12.6. The summed E-state index contributed by atoms with van der Waals surface area (Å²) in [7, 11) is 0. The molecule has 1 atom stereocenters. The highest BCUT2D eigenvalue weighted by atomic mass is 79.9. The van der Waals surface area contributed by atoms with Crippen LogP contribution in [0.25, 0.3) is 0 Å². The number of pyridine rings is 1. The van der Waals surface area contributed by atoms with Crippen molar-refractivity contribution in [2.24, 2.45) is 0 Å². The molecule has 1 aromatic heterocycles. The van der Waals surface area contributed by atoms with E-state index in [2.05, 4.69) is 34.2 Å². The van der Waals surface area contributed by atoms with Crippen molar-refractivity contribution in [2.45, 2.75) is 70.9 Å². The third kappa shape index (κ3) is 3.94. The Balaban J connectivity index is 1.68. The first-order valence-corrected chi connectivity index (χ1v) is 9.95. The molecule has 2 aliphatic rings. The van der Waals surface area contributed by atoms with E-state index < -0.39 is 5.60 Å². The van der Waals surface area contributed by atoms with Gasteiger partial charge < -0.3 is 15.0 Å². The van der Waals surface area contributed by atoms with Crippen molar-refractivity contribution >= 4 is 27.8 Å². The van der Waals surface area contributed by atoms with Gasteiger partial charge in [0, 0.05) is 17.6 Å². The highest BCUT2D eigenvalue weighted by Gasteiger charge is 2.43. The fourth-order valence-corrected chi connectivity index (χ4v) is 4.26. The van der Waals surface area contributed by atoms with Gasteiger partial charge in [-0.25, -0.2) is 9.78 Å². The van der Waals surface area contributed by atoms with Gasteiger partial charge in [-0.1, -0.05) is 13.3 Å². The van der Waals surface area contributed by atoms with Crippen molar-refractivity contribution in [3.8, 4) is 0 Å². The second-order valence-corrected chi connectivity index (χ2v) is 8.87. The molecule has 1 spiro atoms. The Morgan fingerprint density at radius 3 is 2.96 bits per heavy atom. The first-order valence-electron chi connectivity index (χ1n) is 9.16. The molecule has 0 aromatic carbocycles. The van der Waals surface area contributed by atoms with E-state index in [1.54, 1.807) is 0 Å². The minimum Gasteiger partial charge on any atom is -0.443 e. The van der Waals surface area contributed by atoms with Crippen LogP contribution in [0.5, 0.6) is 0 Å². The first-order chi connectivity index (χ1) is 11.7. The number of aromatic nitrogens is 1. The fraction of sp³-hybridized carbons (Fsp3) is 0.684. The van der Waals surface area contributed by atoms with Gasteiger partial charge in [0.1, 0.15) is 11.4 Å². The summed E-state index contributed by atoms with van der Waals surface area (Å²) in [6, 6.07) is 2.16. The van der Waals surface area contributed by atoms with Crippen molar-refractivity contribution in [3.63, 3.8) is 0 Å². The third-order valence-corrected chi connectivity index (χ3v) is 6.12. The number of rotatable bonds is 3. The number of hydrogen-bond donors (Lipinski definition) is 1. The van der Waals surface area contributed by atoms with Crippen molar-refractivity contribution < 1.29 is 9.53 Å². The summed E-state index contributed by atoms with van der Waals surface area (Å²) in [5.74, 6) is 0.966. The Kier molecular flexibility index (Phi) is 5.02. The summed E-state index contributed by atoms with van der Waals surface area (Å²) in [6.45, 7) is 9.50. The van der Waals surface area contributed by atoms with Gasteiger partial charge in [0.25, 0.3) is 0 Å². The smallest absolute Gasteiger partial charge is 0.410 e. The van der Waals surface area contributed by atoms with Gasteiger partial charge in [-0.2, -0.15) is 0 Å². The minimum atomic E-state index is -0.404. The molecule has 25 heavy (non-hydrogen) atoms. The number of carbonyl (C=O) groups is 1. The van der Waals surface area contributed by atoms with Crippen LogP contribution >= 0.6 is 15.9 Å². The molecule has 1 fully saturated rings. The van der Waals surface area contributed by atoms with Gasteiger partial charge in [0.15, 0.2) is 0 Å². The third-order valence-electron chi connectivity index (χ3n) is 5.31. The molecule has 0 aliphatic carbocycles. The van der Waals surface area contributed by atoms with Crippen molar-refractivity contribution in [1.29, 1.82) is 0 Å². The van der Waals surface area contributed by atoms with E-state index in [0.717, 1.165) is 54.6 Å². The van der Waals surface area contributed by atoms with Gasteiger partial charge in [0.05, 0.1) is 11.2 Å². The Morgan fingerprint density at radius 1 is 1.48 bits per heavy atom. The molecule has 5 nitrogen and oxygen atoms in total. The van der Waals surface area contributed by atoms with E-state index >= 15 is 0 Å². The lowest BCUT2D eigenvalue weighted by molar-refractivity contribution is 0.0112. The Hall–Kier alpha value is -1.30. The fourth-order valence-electron chi connectivity index (χ4n) is 3.89. The number of anilines is 1. The topological polar surface area (TPSA) is 54.5 Å². The molecule has 0 saturated carbocycles. The second kappa shape index (κ2) is 6.78. The lowest BCUT2D eigenvalue weighted by Gasteiger charge is -2.36. The Labute approximate surface area is 158 Å². The van der Waals surface area contributed by atoms with Crippen LogP contribution in [0.3, 0.4) is 0 Å². The molecule has 3 heterocycles. The molecule has 6 heteroatoms.